The molecule has 0 amide bonds. The van der Waals surface area contributed by atoms with Crippen molar-refractivity contribution in [1.82, 2.24) is 0 Å². The number of rotatable bonds is 3. The summed E-state index contributed by atoms with van der Waals surface area (Å²) < 4.78 is 5.83. The van der Waals surface area contributed by atoms with Crippen LogP contribution in [0, 0.1) is 0 Å². The van der Waals surface area contributed by atoms with Crippen LogP contribution in [0.5, 0.6) is 0 Å². The Kier molecular flexibility index (Phi) is 3.69. The molecule has 1 radical (unpaired) electrons. The lowest BCUT2D eigenvalue weighted by molar-refractivity contribution is 0.573. The lowest BCUT2D eigenvalue weighted by atomic mass is 11.0. The van der Waals surface area contributed by atoms with E-state index in [1.54, 1.807) is 0 Å². The Morgan fingerprint density at radius 2 is 1.78 bits per heavy atom. The summed E-state index contributed by atoms with van der Waals surface area (Å²) in [5, 5.41) is 0. The minimum absolute atomic E-state index is 0.442. The molecular weight excluding hydrogens is 144 g/mol. The first-order chi connectivity index (χ1) is 3.98. The summed E-state index contributed by atoms with van der Waals surface area (Å²) in [5.41, 5.74) is 0. The van der Waals surface area contributed by atoms with E-state index >= 15 is 0 Å². The van der Waals surface area contributed by atoms with Crippen LogP contribution in [-0.2, 0) is 4.12 Å². The fourth-order valence-electron chi connectivity index (χ4n) is 0.625. The van der Waals surface area contributed by atoms with Gasteiger partial charge in [0.05, 0.1) is 0 Å². The van der Waals surface area contributed by atoms with Gasteiger partial charge in [-0.05, 0) is 32.2 Å². The van der Waals surface area contributed by atoms with Gasteiger partial charge in [0, 0.05) is 0 Å². The predicted molar refractivity (Wildman–Crippen MR) is 46.5 cm³/mol. The van der Waals surface area contributed by atoms with Gasteiger partial charge in [0.2, 0.25) is 0 Å². The van der Waals surface area contributed by atoms with Gasteiger partial charge in [0.15, 0.2) is 17.4 Å². The molecule has 0 aliphatic rings. The summed E-state index contributed by atoms with van der Waals surface area (Å²) in [6.07, 6.45) is 0. The first kappa shape index (κ1) is 9.39. The highest BCUT2D eigenvalue weighted by atomic mass is 28.4. The molecule has 0 spiro atoms. The minimum atomic E-state index is -1.20. The molecule has 9 heavy (non-hydrogen) atoms. The van der Waals surface area contributed by atoms with Gasteiger partial charge >= 0.3 is 0 Å². The fraction of sp³-hybridized carbons (Fsp3) is 1.00. The lowest BCUT2D eigenvalue weighted by Gasteiger charge is -2.23. The van der Waals surface area contributed by atoms with E-state index < -0.39 is 17.4 Å². The van der Waals surface area contributed by atoms with Crippen LogP contribution in [0.4, 0.5) is 0 Å². The molecule has 0 heterocycles. The van der Waals surface area contributed by atoms with Crippen molar-refractivity contribution >= 4 is 17.4 Å². The van der Waals surface area contributed by atoms with Crippen molar-refractivity contribution in [3.63, 3.8) is 0 Å². The summed E-state index contributed by atoms with van der Waals surface area (Å²) >= 11 is 0. The molecule has 0 rings (SSSR count). The van der Waals surface area contributed by atoms with Gasteiger partial charge in [-0.1, -0.05) is 6.92 Å². The van der Waals surface area contributed by atoms with E-state index in [9.17, 15) is 0 Å². The summed E-state index contributed by atoms with van der Waals surface area (Å²) in [6.45, 7) is 11.2. The van der Waals surface area contributed by atoms with Crippen LogP contribution < -0.4 is 0 Å². The third kappa shape index (κ3) is 4.87. The van der Waals surface area contributed by atoms with Gasteiger partial charge in [-0.3, -0.25) is 0 Å². The van der Waals surface area contributed by atoms with Crippen molar-refractivity contribution in [3.8, 4) is 0 Å². The van der Waals surface area contributed by atoms with Gasteiger partial charge < -0.3 is 4.12 Å². The first-order valence-corrected chi connectivity index (χ1v) is 8.99. The van der Waals surface area contributed by atoms with Crippen LogP contribution >= 0.6 is 0 Å². The van der Waals surface area contributed by atoms with Crippen molar-refractivity contribution < 1.29 is 4.12 Å². The van der Waals surface area contributed by atoms with Crippen molar-refractivity contribution in [3.05, 3.63) is 0 Å². The maximum Gasteiger partial charge on any atom is 0.191 e. The molecule has 0 saturated carbocycles. The Hall–Kier alpha value is 0.394. The Balaban J connectivity index is 3.58. The third-order valence-electron chi connectivity index (χ3n) is 1.33. The molecular formula is C6H17OSi2. The van der Waals surface area contributed by atoms with Crippen LogP contribution in [0.25, 0.3) is 0 Å². The molecule has 0 aromatic carbocycles. The van der Waals surface area contributed by atoms with E-state index in [-0.39, 0.29) is 0 Å². The predicted octanol–water partition coefficient (Wildman–Crippen LogP) is 2.48. The van der Waals surface area contributed by atoms with Gasteiger partial charge in [-0.2, -0.15) is 0 Å². The lowest BCUT2D eigenvalue weighted by Crippen LogP contribution is -2.34. The second kappa shape index (κ2) is 3.53. The molecule has 0 N–H and O–H groups in total. The zero-order valence-electron chi connectivity index (χ0n) is 7.12. The molecule has 0 atom stereocenters. The summed E-state index contributed by atoms with van der Waals surface area (Å²) in [6, 6.07) is 1.24. The maximum absolute atomic E-state index is 5.83. The minimum Gasteiger partial charge on any atom is -0.456 e. The molecule has 0 aliphatic carbocycles. The number of hydrogen-bond acceptors (Lipinski definition) is 1. The van der Waals surface area contributed by atoms with E-state index in [1.807, 2.05) is 0 Å². The highest BCUT2D eigenvalue weighted by Gasteiger charge is 2.20. The summed E-state index contributed by atoms with van der Waals surface area (Å²) in [4.78, 5) is 0. The van der Waals surface area contributed by atoms with Crippen LogP contribution in [0.1, 0.15) is 6.92 Å². The molecule has 0 saturated heterocycles. The molecule has 55 valence electrons. The Morgan fingerprint density at radius 1 is 1.33 bits per heavy atom. The smallest absolute Gasteiger partial charge is 0.191 e. The van der Waals surface area contributed by atoms with Crippen molar-refractivity contribution in [1.29, 1.82) is 0 Å². The zero-order chi connectivity index (χ0) is 7.49. The second-order valence-electron chi connectivity index (χ2n) is 3.12. The Bertz CT molecular complexity index is 81.1. The largest absolute Gasteiger partial charge is 0.456 e. The summed E-state index contributed by atoms with van der Waals surface area (Å²) in [5.74, 6) is 0. The summed E-state index contributed by atoms with van der Waals surface area (Å²) in [7, 11) is -1.64. The monoisotopic (exact) mass is 161 g/mol. The first-order valence-electron chi connectivity index (χ1n) is 3.47. The molecule has 0 aliphatic heterocycles. The highest BCUT2D eigenvalue weighted by Crippen LogP contribution is 2.10. The van der Waals surface area contributed by atoms with Crippen LogP contribution in [-0.4, -0.2) is 17.4 Å². The average Bonchev–Trinajstić information content (AvgIpc) is 1.63. The van der Waals surface area contributed by atoms with Gasteiger partial charge in [0.25, 0.3) is 0 Å². The van der Waals surface area contributed by atoms with E-state index in [4.69, 9.17) is 4.12 Å². The topological polar surface area (TPSA) is 9.23 Å². The number of hydrogen-bond donors (Lipinski definition) is 0. The van der Waals surface area contributed by atoms with Gasteiger partial charge in [0.1, 0.15) is 0 Å². The van der Waals surface area contributed by atoms with Gasteiger partial charge in [-0.15, -0.1) is 0 Å². The molecule has 0 aromatic rings. The van der Waals surface area contributed by atoms with Gasteiger partial charge in [-0.25, -0.2) is 0 Å². The molecule has 0 fully saturated rings. The van der Waals surface area contributed by atoms with E-state index in [0.29, 0.717) is 0 Å². The third-order valence-corrected chi connectivity index (χ3v) is 6.88. The standard InChI is InChI=1S/C6H17OSi2/c1-6-9(4,5)7-8(2)3/h6H2,1-5H3. The molecule has 0 unspecified atom stereocenters. The average molecular weight is 161 g/mol. The second-order valence-corrected chi connectivity index (χ2v) is 9.98. The normalized spacial score (nSPS) is 12.7. The van der Waals surface area contributed by atoms with Crippen molar-refractivity contribution in [2.24, 2.45) is 0 Å². The SMILES string of the molecule is CC[Si](C)(C)O[Si](C)C. The highest BCUT2D eigenvalue weighted by molar-refractivity contribution is 6.77. The van der Waals surface area contributed by atoms with E-state index in [2.05, 4.69) is 33.1 Å². The maximum atomic E-state index is 5.83. The molecule has 0 bridgehead atoms. The van der Waals surface area contributed by atoms with Crippen molar-refractivity contribution in [2.45, 2.75) is 39.2 Å². The van der Waals surface area contributed by atoms with E-state index in [1.165, 1.54) is 6.04 Å². The molecule has 1 nitrogen and oxygen atoms in total. The quantitative estimate of drug-likeness (QED) is 0.578. The molecule has 0 aromatic heterocycles. The Morgan fingerprint density at radius 3 is 1.89 bits per heavy atom. The van der Waals surface area contributed by atoms with Crippen molar-refractivity contribution in [2.75, 3.05) is 0 Å². The van der Waals surface area contributed by atoms with Crippen LogP contribution in [0.2, 0.25) is 32.2 Å². The fourth-order valence-corrected chi connectivity index (χ4v) is 5.62. The van der Waals surface area contributed by atoms with E-state index in [0.717, 1.165) is 0 Å². The molecule has 3 heteroatoms. The zero-order valence-corrected chi connectivity index (χ0v) is 9.12. The van der Waals surface area contributed by atoms with Crippen LogP contribution in [0.3, 0.4) is 0 Å². The Labute approximate surface area is 61.3 Å². The van der Waals surface area contributed by atoms with Crippen LogP contribution in [0.15, 0.2) is 0 Å².